The van der Waals surface area contributed by atoms with E-state index in [-0.39, 0.29) is 10.9 Å². The van der Waals surface area contributed by atoms with Crippen molar-refractivity contribution in [3.63, 3.8) is 0 Å². The van der Waals surface area contributed by atoms with Gasteiger partial charge < -0.3 is 5.32 Å². The number of nitrogens with zero attached hydrogens (tertiary/aromatic N) is 1. The molecule has 0 spiro atoms. The summed E-state index contributed by atoms with van der Waals surface area (Å²) < 4.78 is 23.5. The lowest BCUT2D eigenvalue weighted by Crippen LogP contribution is -2.12. The van der Waals surface area contributed by atoms with Gasteiger partial charge in [-0.1, -0.05) is 29.3 Å². The summed E-state index contributed by atoms with van der Waals surface area (Å²) in [5.41, 5.74) is 0.811. The number of anilines is 1. The molecule has 1 heterocycles. The minimum absolute atomic E-state index is 0.155. The fourth-order valence-corrected chi connectivity index (χ4v) is 3.29. The van der Waals surface area contributed by atoms with Crippen molar-refractivity contribution in [2.24, 2.45) is 0 Å². The van der Waals surface area contributed by atoms with Crippen LogP contribution in [0.2, 0.25) is 10.0 Å². The average Bonchev–Trinajstić information content (AvgIpc) is 2.37. The van der Waals surface area contributed by atoms with Crippen LogP contribution in [-0.4, -0.2) is 19.7 Å². The fourth-order valence-electron chi connectivity index (χ4n) is 1.93. The van der Waals surface area contributed by atoms with Gasteiger partial charge in [-0.3, -0.25) is 0 Å². The first-order valence-corrected chi connectivity index (χ1v) is 8.80. The molecule has 0 radical (unpaired) electrons. The van der Waals surface area contributed by atoms with Gasteiger partial charge in [0.15, 0.2) is 9.84 Å². The van der Waals surface area contributed by atoms with E-state index in [1.807, 2.05) is 6.92 Å². The van der Waals surface area contributed by atoms with E-state index in [1.54, 1.807) is 24.3 Å². The highest BCUT2D eigenvalue weighted by Crippen LogP contribution is 2.29. The molecule has 0 amide bonds. The predicted octanol–water partition coefficient (Wildman–Crippen LogP) is 3.97. The fraction of sp³-hybridized carbons (Fsp3) is 0.214. The highest BCUT2D eigenvalue weighted by atomic mass is 35.5. The smallest absolute Gasteiger partial charge is 0.179 e. The van der Waals surface area contributed by atoms with E-state index in [2.05, 4.69) is 10.3 Å². The molecule has 7 heteroatoms. The number of rotatable bonds is 4. The van der Waals surface area contributed by atoms with Gasteiger partial charge in [-0.15, -0.1) is 0 Å². The van der Waals surface area contributed by atoms with Crippen molar-refractivity contribution in [1.29, 1.82) is 0 Å². The number of nitrogens with one attached hydrogen (secondary N) is 1. The number of aromatic nitrogens is 1. The van der Waals surface area contributed by atoms with Crippen LogP contribution in [-0.2, 0) is 9.84 Å². The van der Waals surface area contributed by atoms with Crippen molar-refractivity contribution in [3.05, 3.63) is 52.1 Å². The molecule has 0 aliphatic heterocycles. The lowest BCUT2D eigenvalue weighted by Gasteiger charge is -2.18. The normalized spacial score (nSPS) is 13.0. The molecular formula is C14H14Cl2N2O2S. The molecule has 1 aromatic carbocycles. The summed E-state index contributed by atoms with van der Waals surface area (Å²) in [4.78, 5) is 4.25. The zero-order valence-electron chi connectivity index (χ0n) is 11.5. The van der Waals surface area contributed by atoms with Crippen molar-refractivity contribution < 1.29 is 8.42 Å². The molecule has 0 aliphatic rings. The molecule has 112 valence electrons. The first-order chi connectivity index (χ1) is 9.79. The van der Waals surface area contributed by atoms with Crippen LogP contribution in [0.15, 0.2) is 41.4 Å². The van der Waals surface area contributed by atoms with Gasteiger partial charge in [0.1, 0.15) is 10.7 Å². The van der Waals surface area contributed by atoms with Crippen LogP contribution in [0.1, 0.15) is 18.5 Å². The lowest BCUT2D eigenvalue weighted by molar-refractivity contribution is 0.601. The summed E-state index contributed by atoms with van der Waals surface area (Å²) in [6, 6.07) is 8.06. The highest BCUT2D eigenvalue weighted by molar-refractivity contribution is 7.90. The topological polar surface area (TPSA) is 59.1 Å². The van der Waals surface area contributed by atoms with Crippen LogP contribution >= 0.6 is 23.2 Å². The zero-order valence-corrected chi connectivity index (χ0v) is 13.8. The maximum absolute atomic E-state index is 11.8. The van der Waals surface area contributed by atoms with E-state index in [0.717, 1.165) is 11.8 Å². The van der Waals surface area contributed by atoms with Crippen molar-refractivity contribution in [3.8, 4) is 0 Å². The molecule has 0 saturated carbocycles. The minimum atomic E-state index is -3.36. The Balaban J connectivity index is 2.34. The molecule has 0 saturated heterocycles. The second-order valence-corrected chi connectivity index (χ2v) is 7.48. The molecule has 21 heavy (non-hydrogen) atoms. The second-order valence-electron chi connectivity index (χ2n) is 4.65. The van der Waals surface area contributed by atoms with Crippen molar-refractivity contribution in [1.82, 2.24) is 4.98 Å². The van der Waals surface area contributed by atoms with Gasteiger partial charge in [-0.05, 0) is 36.8 Å². The molecule has 0 aliphatic carbocycles. The van der Waals surface area contributed by atoms with Crippen molar-refractivity contribution >= 4 is 38.9 Å². The Bertz CT molecular complexity index is 763. The van der Waals surface area contributed by atoms with Crippen LogP contribution in [0.4, 0.5) is 5.82 Å². The molecule has 1 unspecified atom stereocenters. The van der Waals surface area contributed by atoms with Gasteiger partial charge in [0.25, 0.3) is 0 Å². The standard InChI is InChI=1S/C14H14Cl2N2O2S/c1-9(11-6-5-10(15)8-12(11)16)18-14-13(21(2,19)20)4-3-7-17-14/h3-9H,1-2H3,(H,17,18). The van der Waals surface area contributed by atoms with Gasteiger partial charge in [-0.25, -0.2) is 13.4 Å². The van der Waals surface area contributed by atoms with Crippen molar-refractivity contribution in [2.75, 3.05) is 11.6 Å². The predicted molar refractivity (Wildman–Crippen MR) is 85.8 cm³/mol. The quantitative estimate of drug-likeness (QED) is 0.911. The Kier molecular flexibility index (Phi) is 4.76. The lowest BCUT2D eigenvalue weighted by atomic mass is 10.1. The monoisotopic (exact) mass is 344 g/mol. The van der Waals surface area contributed by atoms with Gasteiger partial charge in [0.05, 0.1) is 6.04 Å². The molecule has 2 rings (SSSR count). The van der Waals surface area contributed by atoms with Gasteiger partial charge in [0.2, 0.25) is 0 Å². The summed E-state index contributed by atoms with van der Waals surface area (Å²) >= 11 is 12.0. The summed E-state index contributed by atoms with van der Waals surface area (Å²) in [6.07, 6.45) is 2.68. The maximum atomic E-state index is 11.8. The number of hydrogen-bond acceptors (Lipinski definition) is 4. The minimum Gasteiger partial charge on any atom is -0.362 e. The Labute approximate surface area is 134 Å². The van der Waals surface area contributed by atoms with E-state index < -0.39 is 9.84 Å². The van der Waals surface area contributed by atoms with Crippen LogP contribution in [0.25, 0.3) is 0 Å². The molecule has 1 N–H and O–H groups in total. The van der Waals surface area contributed by atoms with Crippen LogP contribution in [0, 0.1) is 0 Å². The number of sulfone groups is 1. The largest absolute Gasteiger partial charge is 0.362 e. The second kappa shape index (κ2) is 6.22. The van der Waals surface area contributed by atoms with Gasteiger partial charge in [0, 0.05) is 22.5 Å². The van der Waals surface area contributed by atoms with E-state index in [1.165, 1.54) is 12.3 Å². The Hall–Kier alpha value is -1.30. The Morgan fingerprint density at radius 3 is 2.57 bits per heavy atom. The number of hydrogen-bond donors (Lipinski definition) is 1. The third kappa shape index (κ3) is 3.87. The van der Waals surface area contributed by atoms with E-state index in [4.69, 9.17) is 23.2 Å². The summed E-state index contributed by atoms with van der Waals surface area (Å²) in [5.74, 6) is 0.304. The maximum Gasteiger partial charge on any atom is 0.179 e. The zero-order chi connectivity index (χ0) is 15.6. The number of halogens is 2. The highest BCUT2D eigenvalue weighted by Gasteiger charge is 2.17. The van der Waals surface area contributed by atoms with Gasteiger partial charge in [-0.2, -0.15) is 0 Å². The summed E-state index contributed by atoms with van der Waals surface area (Å²) in [7, 11) is -3.36. The molecule has 4 nitrogen and oxygen atoms in total. The average molecular weight is 345 g/mol. The molecular weight excluding hydrogens is 331 g/mol. The SMILES string of the molecule is CC(Nc1ncccc1S(C)(=O)=O)c1ccc(Cl)cc1Cl. The van der Waals surface area contributed by atoms with Crippen LogP contribution in [0.5, 0.6) is 0 Å². The third-order valence-electron chi connectivity index (χ3n) is 2.95. The van der Waals surface area contributed by atoms with E-state index in [9.17, 15) is 8.42 Å². The first kappa shape index (κ1) is 16.1. The Morgan fingerprint density at radius 2 is 1.95 bits per heavy atom. The van der Waals surface area contributed by atoms with Gasteiger partial charge >= 0.3 is 0 Å². The third-order valence-corrected chi connectivity index (χ3v) is 4.64. The van der Waals surface area contributed by atoms with Crippen molar-refractivity contribution in [2.45, 2.75) is 17.9 Å². The summed E-state index contributed by atoms with van der Waals surface area (Å²) in [5, 5.41) is 4.14. The molecule has 0 fully saturated rings. The summed E-state index contributed by atoms with van der Waals surface area (Å²) in [6.45, 7) is 1.87. The number of benzene rings is 1. The molecule has 1 aromatic heterocycles. The van der Waals surface area contributed by atoms with E-state index in [0.29, 0.717) is 15.9 Å². The number of pyridine rings is 1. The Morgan fingerprint density at radius 1 is 1.24 bits per heavy atom. The molecule has 1 atom stereocenters. The van der Waals surface area contributed by atoms with Crippen LogP contribution < -0.4 is 5.32 Å². The van der Waals surface area contributed by atoms with E-state index >= 15 is 0 Å². The molecule has 0 bridgehead atoms. The molecule has 2 aromatic rings. The first-order valence-electron chi connectivity index (χ1n) is 6.15. The van der Waals surface area contributed by atoms with Crippen LogP contribution in [0.3, 0.4) is 0 Å².